The van der Waals surface area contributed by atoms with Crippen LogP contribution >= 0.6 is 0 Å². The van der Waals surface area contributed by atoms with Crippen LogP contribution in [0.4, 0.5) is 8.78 Å². The highest BCUT2D eigenvalue weighted by Crippen LogP contribution is 2.29. The molecule has 0 bridgehead atoms. The van der Waals surface area contributed by atoms with E-state index in [0.29, 0.717) is 11.3 Å². The molecule has 0 radical (unpaired) electrons. The summed E-state index contributed by atoms with van der Waals surface area (Å²) < 4.78 is 33.9. The van der Waals surface area contributed by atoms with Crippen LogP contribution in [0.25, 0.3) is 11.3 Å². The van der Waals surface area contributed by atoms with Gasteiger partial charge < -0.3 is 9.47 Å². The molecule has 0 amide bonds. The molecule has 0 atom stereocenters. The van der Waals surface area contributed by atoms with E-state index in [-0.39, 0.29) is 17.1 Å². The molecule has 0 aliphatic heterocycles. The van der Waals surface area contributed by atoms with Crippen LogP contribution in [0.3, 0.4) is 0 Å². The van der Waals surface area contributed by atoms with Crippen LogP contribution in [-0.4, -0.2) is 29.7 Å². The number of carbonyl (C=O) groups is 1. The lowest BCUT2D eigenvalue weighted by atomic mass is 10.1. The van der Waals surface area contributed by atoms with E-state index >= 15 is 0 Å². The van der Waals surface area contributed by atoms with Gasteiger partial charge in [-0.15, -0.1) is 0 Å². The summed E-state index contributed by atoms with van der Waals surface area (Å²) in [4.78, 5) is 19.8. The Bertz CT molecular complexity index is 662. The SMILES string of the molecule is COC(=O)c1nc(-c2ccccc2OC(F)F)cnc1C. The number of benzene rings is 1. The summed E-state index contributed by atoms with van der Waals surface area (Å²) in [6.07, 6.45) is 1.38. The minimum absolute atomic E-state index is 0.0295. The molecule has 21 heavy (non-hydrogen) atoms. The number of esters is 1. The van der Waals surface area contributed by atoms with Crippen LogP contribution in [0, 0.1) is 6.92 Å². The predicted molar refractivity (Wildman–Crippen MR) is 70.2 cm³/mol. The van der Waals surface area contributed by atoms with Gasteiger partial charge in [0.15, 0.2) is 5.69 Å². The van der Waals surface area contributed by atoms with Gasteiger partial charge in [-0.25, -0.2) is 9.78 Å². The average Bonchev–Trinajstić information content (AvgIpc) is 2.47. The molecular formula is C14H12F2N2O3. The Morgan fingerprint density at radius 1 is 1.29 bits per heavy atom. The first-order chi connectivity index (χ1) is 10.0. The number of hydrogen-bond donors (Lipinski definition) is 0. The number of alkyl halides is 2. The van der Waals surface area contributed by atoms with Gasteiger partial charge in [-0.05, 0) is 19.1 Å². The van der Waals surface area contributed by atoms with Gasteiger partial charge in [0.1, 0.15) is 5.75 Å². The molecule has 0 saturated heterocycles. The summed E-state index contributed by atoms with van der Waals surface area (Å²) in [6, 6.07) is 6.15. The van der Waals surface area contributed by atoms with E-state index in [1.807, 2.05) is 0 Å². The van der Waals surface area contributed by atoms with Crippen molar-refractivity contribution < 1.29 is 23.0 Å². The molecule has 1 aromatic carbocycles. The van der Waals surface area contributed by atoms with Gasteiger partial charge in [0.25, 0.3) is 0 Å². The Kier molecular flexibility index (Phi) is 4.42. The first-order valence-corrected chi connectivity index (χ1v) is 5.99. The molecule has 1 heterocycles. The summed E-state index contributed by atoms with van der Waals surface area (Å²) in [5.41, 5.74) is 0.979. The lowest BCUT2D eigenvalue weighted by molar-refractivity contribution is -0.0494. The quantitative estimate of drug-likeness (QED) is 0.811. The number of halogens is 2. The number of nitrogens with zero attached hydrogens (tertiary/aromatic N) is 2. The van der Waals surface area contributed by atoms with Crippen molar-refractivity contribution >= 4 is 5.97 Å². The predicted octanol–water partition coefficient (Wildman–Crippen LogP) is 2.84. The highest BCUT2D eigenvalue weighted by molar-refractivity contribution is 5.89. The smallest absolute Gasteiger partial charge is 0.387 e. The summed E-state index contributed by atoms with van der Waals surface area (Å²) in [5, 5.41) is 0. The molecule has 2 aromatic rings. The van der Waals surface area contributed by atoms with Crippen molar-refractivity contribution in [2.24, 2.45) is 0 Å². The molecule has 1 aromatic heterocycles. The van der Waals surface area contributed by atoms with Crippen molar-refractivity contribution in [1.29, 1.82) is 0 Å². The molecule has 0 fully saturated rings. The first-order valence-electron chi connectivity index (χ1n) is 5.99. The zero-order valence-corrected chi connectivity index (χ0v) is 11.3. The van der Waals surface area contributed by atoms with E-state index in [0.717, 1.165) is 0 Å². The van der Waals surface area contributed by atoms with Crippen molar-refractivity contribution in [3.05, 3.63) is 41.9 Å². The lowest BCUT2D eigenvalue weighted by Gasteiger charge is -2.11. The molecule has 0 aliphatic rings. The number of aromatic nitrogens is 2. The Balaban J connectivity index is 2.50. The Morgan fingerprint density at radius 3 is 2.67 bits per heavy atom. The van der Waals surface area contributed by atoms with Gasteiger partial charge in [0.2, 0.25) is 0 Å². The average molecular weight is 294 g/mol. The Hall–Kier alpha value is -2.57. The minimum atomic E-state index is -2.95. The molecule has 110 valence electrons. The molecule has 7 heteroatoms. The van der Waals surface area contributed by atoms with Gasteiger partial charge in [0.05, 0.1) is 24.7 Å². The maximum absolute atomic E-state index is 12.4. The Morgan fingerprint density at radius 2 is 2.00 bits per heavy atom. The van der Waals surface area contributed by atoms with Crippen molar-refractivity contribution in [2.75, 3.05) is 7.11 Å². The van der Waals surface area contributed by atoms with Gasteiger partial charge in [-0.2, -0.15) is 8.78 Å². The molecule has 5 nitrogen and oxygen atoms in total. The van der Waals surface area contributed by atoms with E-state index in [9.17, 15) is 13.6 Å². The molecule has 0 saturated carbocycles. The summed E-state index contributed by atoms with van der Waals surface area (Å²) in [7, 11) is 1.23. The highest BCUT2D eigenvalue weighted by atomic mass is 19.3. The van der Waals surface area contributed by atoms with Crippen LogP contribution in [-0.2, 0) is 4.74 Å². The van der Waals surface area contributed by atoms with Gasteiger partial charge >= 0.3 is 12.6 Å². The number of rotatable bonds is 4. The third-order valence-electron chi connectivity index (χ3n) is 2.71. The number of ether oxygens (including phenoxy) is 2. The fourth-order valence-electron chi connectivity index (χ4n) is 1.75. The number of methoxy groups -OCH3 is 1. The van der Waals surface area contributed by atoms with Crippen molar-refractivity contribution in [2.45, 2.75) is 13.5 Å². The maximum atomic E-state index is 12.4. The van der Waals surface area contributed by atoms with Crippen LogP contribution in [0.1, 0.15) is 16.2 Å². The Labute approximate surface area is 119 Å². The van der Waals surface area contributed by atoms with Crippen molar-refractivity contribution in [3.8, 4) is 17.0 Å². The molecule has 0 N–H and O–H groups in total. The van der Waals surface area contributed by atoms with E-state index in [1.165, 1.54) is 19.4 Å². The third kappa shape index (κ3) is 3.31. The van der Waals surface area contributed by atoms with Crippen LogP contribution in [0.15, 0.2) is 30.5 Å². The number of para-hydroxylation sites is 1. The first kappa shape index (κ1) is 14.8. The maximum Gasteiger partial charge on any atom is 0.387 e. The molecule has 0 spiro atoms. The zero-order valence-electron chi connectivity index (χ0n) is 11.3. The summed E-state index contributed by atoms with van der Waals surface area (Å²) in [5.74, 6) is -0.685. The zero-order chi connectivity index (χ0) is 15.4. The van der Waals surface area contributed by atoms with Crippen molar-refractivity contribution in [3.63, 3.8) is 0 Å². The van der Waals surface area contributed by atoms with E-state index in [1.54, 1.807) is 25.1 Å². The fourth-order valence-corrected chi connectivity index (χ4v) is 1.75. The van der Waals surface area contributed by atoms with Crippen LogP contribution < -0.4 is 4.74 Å². The van der Waals surface area contributed by atoms with Gasteiger partial charge in [-0.1, -0.05) is 12.1 Å². The monoisotopic (exact) mass is 294 g/mol. The summed E-state index contributed by atoms with van der Waals surface area (Å²) >= 11 is 0. The fraction of sp³-hybridized carbons (Fsp3) is 0.214. The minimum Gasteiger partial charge on any atom is -0.464 e. The topological polar surface area (TPSA) is 61.3 Å². The number of hydrogen-bond acceptors (Lipinski definition) is 5. The largest absolute Gasteiger partial charge is 0.464 e. The van der Waals surface area contributed by atoms with E-state index < -0.39 is 12.6 Å². The summed E-state index contributed by atoms with van der Waals surface area (Å²) in [6.45, 7) is -1.35. The number of carbonyl (C=O) groups excluding carboxylic acids is 1. The van der Waals surface area contributed by atoms with E-state index in [2.05, 4.69) is 19.4 Å². The standard InChI is InChI=1S/C14H12F2N2O3/c1-8-12(13(19)20-2)18-10(7-17-8)9-5-3-4-6-11(9)21-14(15)16/h3-7,14H,1-2H3. The second kappa shape index (κ2) is 6.25. The van der Waals surface area contributed by atoms with Crippen LogP contribution in [0.5, 0.6) is 5.75 Å². The second-order valence-corrected chi connectivity index (χ2v) is 4.06. The third-order valence-corrected chi connectivity index (χ3v) is 2.71. The number of aryl methyl sites for hydroxylation is 1. The van der Waals surface area contributed by atoms with Crippen molar-refractivity contribution in [1.82, 2.24) is 9.97 Å². The van der Waals surface area contributed by atoms with E-state index in [4.69, 9.17) is 0 Å². The lowest BCUT2D eigenvalue weighted by Crippen LogP contribution is -2.09. The van der Waals surface area contributed by atoms with Gasteiger partial charge in [-0.3, -0.25) is 4.98 Å². The second-order valence-electron chi connectivity index (χ2n) is 4.06. The highest BCUT2D eigenvalue weighted by Gasteiger charge is 2.17. The van der Waals surface area contributed by atoms with Gasteiger partial charge in [0, 0.05) is 5.56 Å². The normalized spacial score (nSPS) is 10.5. The molecule has 0 unspecified atom stereocenters. The molecule has 2 rings (SSSR count). The molecular weight excluding hydrogens is 282 g/mol. The molecule has 0 aliphatic carbocycles. The van der Waals surface area contributed by atoms with Crippen LogP contribution in [0.2, 0.25) is 0 Å².